The molecule has 126 valence electrons. The molecule has 1 aliphatic rings. The van der Waals surface area contributed by atoms with Crippen LogP contribution in [0.3, 0.4) is 0 Å². The number of aromatic amines is 1. The zero-order valence-electron chi connectivity index (χ0n) is 14.0. The van der Waals surface area contributed by atoms with Crippen molar-refractivity contribution in [3.05, 3.63) is 51.9 Å². The van der Waals surface area contributed by atoms with E-state index in [2.05, 4.69) is 9.97 Å². The molecule has 1 aliphatic heterocycles. The van der Waals surface area contributed by atoms with E-state index in [1.165, 1.54) is 12.6 Å². The van der Waals surface area contributed by atoms with Crippen molar-refractivity contribution in [1.82, 2.24) is 14.9 Å². The number of aryl methyl sites for hydroxylation is 1. The minimum Gasteiger partial charge on any atom is -0.338 e. The van der Waals surface area contributed by atoms with Crippen LogP contribution >= 0.6 is 0 Å². The van der Waals surface area contributed by atoms with E-state index in [1.54, 1.807) is 4.90 Å². The van der Waals surface area contributed by atoms with Crippen LogP contribution in [0.2, 0.25) is 0 Å². The predicted molar refractivity (Wildman–Crippen MR) is 94.0 cm³/mol. The van der Waals surface area contributed by atoms with Crippen molar-refractivity contribution < 1.29 is 4.79 Å². The first-order chi connectivity index (χ1) is 11.6. The summed E-state index contributed by atoms with van der Waals surface area (Å²) in [5.41, 5.74) is 1.70. The second-order valence-electron chi connectivity index (χ2n) is 6.40. The van der Waals surface area contributed by atoms with Crippen molar-refractivity contribution in [1.29, 1.82) is 0 Å². The van der Waals surface area contributed by atoms with Crippen LogP contribution in [0.25, 0.3) is 11.4 Å². The zero-order valence-corrected chi connectivity index (χ0v) is 14.0. The van der Waals surface area contributed by atoms with Crippen LogP contribution < -0.4 is 5.56 Å². The maximum atomic E-state index is 12.7. The number of benzene rings is 1. The summed E-state index contributed by atoms with van der Waals surface area (Å²) in [6.45, 7) is 3.43. The number of hydrogen-bond donors (Lipinski definition) is 1. The summed E-state index contributed by atoms with van der Waals surface area (Å²) in [4.78, 5) is 33.9. The number of carbonyl (C=O) groups excluding carboxylic acids is 1. The first kappa shape index (κ1) is 16.4. The largest absolute Gasteiger partial charge is 0.338 e. The highest BCUT2D eigenvalue weighted by Crippen LogP contribution is 2.16. The second-order valence-corrected chi connectivity index (χ2v) is 6.40. The number of nitrogens with one attached hydrogen (secondary N) is 1. The van der Waals surface area contributed by atoms with E-state index in [1.807, 2.05) is 31.2 Å². The molecule has 24 heavy (non-hydrogen) atoms. The molecule has 1 amide bonds. The summed E-state index contributed by atoms with van der Waals surface area (Å²) in [5.74, 6) is 0.286. The molecule has 2 heterocycles. The van der Waals surface area contributed by atoms with Crippen molar-refractivity contribution in [2.45, 2.75) is 39.0 Å². The van der Waals surface area contributed by atoms with Crippen molar-refractivity contribution in [2.75, 3.05) is 13.1 Å². The van der Waals surface area contributed by atoms with Crippen LogP contribution in [0.15, 0.2) is 35.3 Å². The van der Waals surface area contributed by atoms with Gasteiger partial charge in [0, 0.05) is 24.8 Å². The molecule has 0 unspecified atom stereocenters. The monoisotopic (exact) mass is 325 g/mol. The number of carbonyl (C=O) groups is 1. The summed E-state index contributed by atoms with van der Waals surface area (Å²) in [6.07, 6.45) is 6.93. The quantitative estimate of drug-likeness (QED) is 0.922. The Hall–Kier alpha value is -2.43. The molecule has 1 fully saturated rings. The van der Waals surface area contributed by atoms with Gasteiger partial charge in [0.05, 0.1) is 0 Å². The summed E-state index contributed by atoms with van der Waals surface area (Å²) in [6, 6.07) is 7.76. The van der Waals surface area contributed by atoms with E-state index in [9.17, 15) is 9.59 Å². The molecule has 5 heteroatoms. The molecule has 1 saturated heterocycles. The Morgan fingerprint density at radius 1 is 1.12 bits per heavy atom. The molecule has 5 nitrogen and oxygen atoms in total. The van der Waals surface area contributed by atoms with E-state index in [0.717, 1.165) is 49.9 Å². The summed E-state index contributed by atoms with van der Waals surface area (Å²) in [7, 11) is 0. The average Bonchev–Trinajstić information content (AvgIpc) is 2.54. The van der Waals surface area contributed by atoms with E-state index >= 15 is 0 Å². The average molecular weight is 325 g/mol. The molecule has 0 aliphatic carbocycles. The molecule has 0 spiro atoms. The van der Waals surface area contributed by atoms with Gasteiger partial charge in [0.2, 0.25) is 0 Å². The lowest BCUT2D eigenvalue weighted by Crippen LogP contribution is -2.37. The topological polar surface area (TPSA) is 66.1 Å². The number of hydrogen-bond acceptors (Lipinski definition) is 3. The molecule has 0 saturated carbocycles. The Kier molecular flexibility index (Phi) is 5.08. The number of aromatic nitrogens is 2. The van der Waals surface area contributed by atoms with Gasteiger partial charge in [0.15, 0.2) is 0 Å². The Labute approximate surface area is 141 Å². The van der Waals surface area contributed by atoms with Gasteiger partial charge >= 0.3 is 0 Å². The Morgan fingerprint density at radius 2 is 1.83 bits per heavy atom. The number of H-pyrrole nitrogens is 1. The Morgan fingerprint density at radius 3 is 2.50 bits per heavy atom. The minimum absolute atomic E-state index is 0.131. The van der Waals surface area contributed by atoms with Gasteiger partial charge in [-0.2, -0.15) is 0 Å². The number of rotatable bonds is 2. The fourth-order valence-corrected chi connectivity index (χ4v) is 3.11. The molecule has 0 atom stereocenters. The van der Waals surface area contributed by atoms with E-state index in [0.29, 0.717) is 5.82 Å². The second kappa shape index (κ2) is 7.43. The van der Waals surface area contributed by atoms with Gasteiger partial charge in [-0.25, -0.2) is 4.98 Å². The van der Waals surface area contributed by atoms with Crippen molar-refractivity contribution in [3.8, 4) is 11.4 Å². The zero-order chi connectivity index (χ0) is 16.9. The number of nitrogens with zero attached hydrogens (tertiary/aromatic N) is 2. The van der Waals surface area contributed by atoms with E-state index < -0.39 is 0 Å². The molecular weight excluding hydrogens is 302 g/mol. The summed E-state index contributed by atoms with van der Waals surface area (Å²) < 4.78 is 0. The maximum absolute atomic E-state index is 12.7. The lowest BCUT2D eigenvalue weighted by molar-refractivity contribution is 0.0740. The van der Waals surface area contributed by atoms with Gasteiger partial charge in [0.25, 0.3) is 11.5 Å². The Balaban J connectivity index is 1.84. The lowest BCUT2D eigenvalue weighted by Gasteiger charge is -2.24. The number of amides is 1. The number of likely N-dealkylation sites (tertiary alicyclic amines) is 1. The maximum Gasteiger partial charge on any atom is 0.264 e. The van der Waals surface area contributed by atoms with Gasteiger partial charge in [-0.1, -0.05) is 43.0 Å². The molecule has 1 aromatic carbocycles. The van der Waals surface area contributed by atoms with Crippen LogP contribution in [0.4, 0.5) is 0 Å². The molecule has 1 N–H and O–H groups in total. The van der Waals surface area contributed by atoms with E-state index in [-0.39, 0.29) is 17.0 Å². The fourth-order valence-electron chi connectivity index (χ4n) is 3.11. The highest BCUT2D eigenvalue weighted by molar-refractivity contribution is 5.93. The van der Waals surface area contributed by atoms with Crippen molar-refractivity contribution in [3.63, 3.8) is 0 Å². The molecule has 0 bridgehead atoms. The lowest BCUT2D eigenvalue weighted by atomic mass is 10.1. The van der Waals surface area contributed by atoms with Gasteiger partial charge in [-0.3, -0.25) is 9.59 Å². The van der Waals surface area contributed by atoms with Gasteiger partial charge in [-0.15, -0.1) is 0 Å². The third-order valence-corrected chi connectivity index (χ3v) is 4.46. The Bertz CT molecular complexity index is 774. The molecule has 3 rings (SSSR count). The summed E-state index contributed by atoms with van der Waals surface area (Å²) in [5, 5.41) is 0. The SMILES string of the molecule is Cc1cccc(-c2ncc(C(=O)N3CCCCCCC3)c(=O)[nH]2)c1. The van der Waals surface area contributed by atoms with Crippen LogP contribution in [-0.4, -0.2) is 33.9 Å². The third-order valence-electron chi connectivity index (χ3n) is 4.46. The normalized spacial score (nSPS) is 15.6. The van der Waals surface area contributed by atoms with Crippen molar-refractivity contribution >= 4 is 5.91 Å². The predicted octanol–water partition coefficient (Wildman–Crippen LogP) is 3.15. The summed E-state index contributed by atoms with van der Waals surface area (Å²) >= 11 is 0. The van der Waals surface area contributed by atoms with Crippen LogP contribution in [-0.2, 0) is 0 Å². The highest BCUT2D eigenvalue weighted by atomic mass is 16.2. The molecule has 0 radical (unpaired) electrons. The van der Waals surface area contributed by atoms with Crippen LogP contribution in [0.1, 0.15) is 48.0 Å². The fraction of sp³-hybridized carbons (Fsp3) is 0.421. The van der Waals surface area contributed by atoms with E-state index in [4.69, 9.17) is 0 Å². The minimum atomic E-state index is -0.367. The van der Waals surface area contributed by atoms with Crippen LogP contribution in [0.5, 0.6) is 0 Å². The first-order valence-corrected chi connectivity index (χ1v) is 8.61. The standard InChI is InChI=1S/C19H23N3O2/c1-14-8-7-9-15(12-14)17-20-13-16(18(23)21-17)19(24)22-10-5-3-2-4-6-11-22/h7-9,12-13H,2-6,10-11H2,1H3,(H,20,21,23). The molecular formula is C19H23N3O2. The van der Waals surface area contributed by atoms with Crippen LogP contribution in [0, 0.1) is 6.92 Å². The van der Waals surface area contributed by atoms with Gasteiger partial charge in [0.1, 0.15) is 11.4 Å². The third kappa shape index (κ3) is 3.72. The van der Waals surface area contributed by atoms with Crippen molar-refractivity contribution in [2.24, 2.45) is 0 Å². The smallest absolute Gasteiger partial charge is 0.264 e. The highest BCUT2D eigenvalue weighted by Gasteiger charge is 2.20. The van der Waals surface area contributed by atoms with Gasteiger partial charge in [-0.05, 0) is 25.8 Å². The van der Waals surface area contributed by atoms with Gasteiger partial charge < -0.3 is 9.88 Å². The molecule has 2 aromatic rings. The first-order valence-electron chi connectivity index (χ1n) is 8.61. The molecule has 1 aromatic heterocycles.